The molecule has 0 atom stereocenters. The van der Waals surface area contributed by atoms with E-state index in [2.05, 4.69) is 16.0 Å². The van der Waals surface area contributed by atoms with Crippen LogP contribution in [-0.4, -0.2) is 17.6 Å². The molecule has 3 N–H and O–H groups in total. The number of nitrogens with one attached hydrogen (secondary N) is 3. The average Bonchev–Trinajstić information content (AvgIpc) is 2.60. The van der Waals surface area contributed by atoms with Gasteiger partial charge in [0.15, 0.2) is 5.11 Å². The molecule has 0 heterocycles. The van der Waals surface area contributed by atoms with Crippen molar-refractivity contribution in [3.63, 3.8) is 0 Å². The predicted octanol–water partition coefficient (Wildman–Crippen LogP) is 2.36. The molecule has 2 aromatic carbocycles. The largest absolute Gasteiger partial charge is 0.362 e. The Bertz CT molecular complexity index is 561. The van der Waals surface area contributed by atoms with Crippen molar-refractivity contribution in [2.75, 3.05) is 6.54 Å². The number of amides is 1. The normalized spacial score (nSPS) is 9.91. The Balaban J connectivity index is 1.57. The third-order valence-corrected chi connectivity index (χ3v) is 3.55. The van der Waals surface area contributed by atoms with Crippen LogP contribution in [0.4, 0.5) is 0 Å². The van der Waals surface area contributed by atoms with Crippen molar-refractivity contribution in [2.45, 2.75) is 19.5 Å². The van der Waals surface area contributed by atoms with Crippen molar-refractivity contribution in [3.05, 3.63) is 71.8 Å². The Hall–Kier alpha value is -2.40. The summed E-state index contributed by atoms with van der Waals surface area (Å²) in [5.74, 6) is 0.00668. The van der Waals surface area contributed by atoms with E-state index in [0.29, 0.717) is 31.2 Å². The van der Waals surface area contributed by atoms with Gasteiger partial charge in [-0.15, -0.1) is 0 Å². The van der Waals surface area contributed by atoms with E-state index in [-0.39, 0.29) is 5.91 Å². The molecule has 0 radical (unpaired) electrons. The van der Waals surface area contributed by atoms with Gasteiger partial charge in [-0.1, -0.05) is 60.7 Å². The molecule has 0 aliphatic carbocycles. The lowest BCUT2D eigenvalue weighted by molar-refractivity contribution is -0.121. The van der Waals surface area contributed by atoms with Gasteiger partial charge >= 0.3 is 0 Å². The van der Waals surface area contributed by atoms with Crippen LogP contribution in [0.25, 0.3) is 0 Å². The van der Waals surface area contributed by atoms with E-state index in [9.17, 15) is 4.79 Å². The minimum atomic E-state index is 0.00668. The fourth-order valence-electron chi connectivity index (χ4n) is 2.02. The monoisotopic (exact) mass is 327 g/mol. The number of thiocarbonyl (C=S) groups is 1. The fraction of sp³-hybridized carbons (Fsp3) is 0.222. The van der Waals surface area contributed by atoms with E-state index in [1.54, 1.807) is 0 Å². The van der Waals surface area contributed by atoms with E-state index >= 15 is 0 Å². The molecule has 5 heteroatoms. The van der Waals surface area contributed by atoms with Gasteiger partial charge in [0.25, 0.3) is 0 Å². The summed E-state index contributed by atoms with van der Waals surface area (Å²) in [4.78, 5) is 11.8. The lowest BCUT2D eigenvalue weighted by Crippen LogP contribution is -2.37. The minimum absolute atomic E-state index is 0.00668. The summed E-state index contributed by atoms with van der Waals surface area (Å²) in [6.45, 7) is 1.74. The molecule has 120 valence electrons. The maximum Gasteiger partial charge on any atom is 0.222 e. The lowest BCUT2D eigenvalue weighted by Gasteiger charge is -2.10. The van der Waals surface area contributed by atoms with Crippen LogP contribution in [0.5, 0.6) is 0 Å². The summed E-state index contributed by atoms with van der Waals surface area (Å²) in [6.07, 6.45) is 0.389. The maximum absolute atomic E-state index is 11.8. The number of benzene rings is 2. The van der Waals surface area contributed by atoms with Crippen molar-refractivity contribution in [2.24, 2.45) is 0 Å². The maximum atomic E-state index is 11.8. The molecule has 2 aromatic rings. The number of carbonyl (C=O) groups is 1. The molecule has 0 saturated heterocycles. The standard InChI is InChI=1S/C18H21N3OS/c22-17(20-13-15-7-3-1-4-8-15)11-12-19-18(23)21-14-16-9-5-2-6-10-16/h1-10H,11-14H2,(H,20,22)(H2,19,21,23). The summed E-state index contributed by atoms with van der Waals surface area (Å²) in [5.41, 5.74) is 2.26. The van der Waals surface area contributed by atoms with E-state index in [1.165, 1.54) is 0 Å². The van der Waals surface area contributed by atoms with Crippen LogP contribution in [0.2, 0.25) is 0 Å². The van der Waals surface area contributed by atoms with Crippen LogP contribution in [-0.2, 0) is 17.9 Å². The Morgan fingerprint density at radius 1 is 0.783 bits per heavy atom. The van der Waals surface area contributed by atoms with Gasteiger partial charge in [-0.3, -0.25) is 4.79 Å². The Kier molecular flexibility index (Phi) is 7.07. The Labute approximate surface area is 142 Å². The van der Waals surface area contributed by atoms with Crippen molar-refractivity contribution in [3.8, 4) is 0 Å². The van der Waals surface area contributed by atoms with E-state index in [0.717, 1.165) is 11.1 Å². The molecule has 23 heavy (non-hydrogen) atoms. The van der Waals surface area contributed by atoms with Gasteiger partial charge in [0, 0.05) is 26.1 Å². The molecule has 0 unspecified atom stereocenters. The van der Waals surface area contributed by atoms with Gasteiger partial charge < -0.3 is 16.0 Å². The van der Waals surface area contributed by atoms with Crippen molar-refractivity contribution in [1.29, 1.82) is 0 Å². The number of hydrogen-bond donors (Lipinski definition) is 3. The first-order valence-electron chi connectivity index (χ1n) is 7.60. The first-order chi connectivity index (χ1) is 11.2. The highest BCUT2D eigenvalue weighted by Crippen LogP contribution is 1.98. The minimum Gasteiger partial charge on any atom is -0.362 e. The van der Waals surface area contributed by atoms with E-state index in [4.69, 9.17) is 12.2 Å². The van der Waals surface area contributed by atoms with Crippen molar-refractivity contribution >= 4 is 23.2 Å². The third kappa shape index (κ3) is 6.93. The van der Waals surface area contributed by atoms with Crippen LogP contribution in [0, 0.1) is 0 Å². The molecule has 0 saturated carbocycles. The van der Waals surface area contributed by atoms with Crippen LogP contribution < -0.4 is 16.0 Å². The molecular weight excluding hydrogens is 306 g/mol. The van der Waals surface area contributed by atoms with Crippen LogP contribution in [0.3, 0.4) is 0 Å². The van der Waals surface area contributed by atoms with Crippen LogP contribution in [0.15, 0.2) is 60.7 Å². The molecule has 2 rings (SSSR count). The number of carbonyl (C=O) groups excluding carboxylic acids is 1. The first kappa shape index (κ1) is 17.0. The first-order valence-corrected chi connectivity index (χ1v) is 8.01. The van der Waals surface area contributed by atoms with Gasteiger partial charge in [0.05, 0.1) is 0 Å². The highest BCUT2D eigenvalue weighted by atomic mass is 32.1. The Morgan fingerprint density at radius 3 is 1.87 bits per heavy atom. The lowest BCUT2D eigenvalue weighted by atomic mass is 10.2. The van der Waals surface area contributed by atoms with Crippen molar-refractivity contribution in [1.82, 2.24) is 16.0 Å². The van der Waals surface area contributed by atoms with Crippen LogP contribution in [0.1, 0.15) is 17.5 Å². The van der Waals surface area contributed by atoms with Crippen molar-refractivity contribution < 1.29 is 4.79 Å². The second-order valence-electron chi connectivity index (χ2n) is 5.11. The molecule has 0 spiro atoms. The molecule has 4 nitrogen and oxygen atoms in total. The zero-order valence-corrected chi connectivity index (χ0v) is 13.7. The molecule has 0 fully saturated rings. The van der Waals surface area contributed by atoms with Gasteiger partial charge in [0.2, 0.25) is 5.91 Å². The third-order valence-electron chi connectivity index (χ3n) is 3.27. The van der Waals surface area contributed by atoms with E-state index in [1.807, 2.05) is 60.7 Å². The SMILES string of the molecule is O=C(CCNC(=S)NCc1ccccc1)NCc1ccccc1. The summed E-state index contributed by atoms with van der Waals surface area (Å²) < 4.78 is 0. The summed E-state index contributed by atoms with van der Waals surface area (Å²) in [6, 6.07) is 19.9. The summed E-state index contributed by atoms with van der Waals surface area (Å²) >= 11 is 5.19. The Morgan fingerprint density at radius 2 is 1.30 bits per heavy atom. The zero-order chi connectivity index (χ0) is 16.3. The summed E-state index contributed by atoms with van der Waals surface area (Å²) in [7, 11) is 0. The molecular formula is C18H21N3OS. The van der Waals surface area contributed by atoms with E-state index < -0.39 is 0 Å². The van der Waals surface area contributed by atoms with Gasteiger partial charge in [0.1, 0.15) is 0 Å². The summed E-state index contributed by atoms with van der Waals surface area (Å²) in [5, 5.41) is 9.61. The van der Waals surface area contributed by atoms with Gasteiger partial charge in [-0.25, -0.2) is 0 Å². The molecule has 0 bridgehead atoms. The zero-order valence-electron chi connectivity index (χ0n) is 12.9. The average molecular weight is 327 g/mol. The predicted molar refractivity (Wildman–Crippen MR) is 96.8 cm³/mol. The highest BCUT2D eigenvalue weighted by molar-refractivity contribution is 7.80. The molecule has 1 amide bonds. The quantitative estimate of drug-likeness (QED) is 0.684. The smallest absolute Gasteiger partial charge is 0.222 e. The van der Waals surface area contributed by atoms with Gasteiger partial charge in [-0.2, -0.15) is 0 Å². The topological polar surface area (TPSA) is 53.2 Å². The fourth-order valence-corrected chi connectivity index (χ4v) is 2.19. The second-order valence-corrected chi connectivity index (χ2v) is 5.52. The second kappa shape index (κ2) is 9.58. The number of rotatable bonds is 7. The molecule has 0 aliphatic rings. The molecule has 0 aromatic heterocycles. The highest BCUT2D eigenvalue weighted by Gasteiger charge is 2.02. The van der Waals surface area contributed by atoms with Gasteiger partial charge in [-0.05, 0) is 23.3 Å². The van der Waals surface area contributed by atoms with Crippen LogP contribution >= 0.6 is 12.2 Å². The number of hydrogen-bond acceptors (Lipinski definition) is 2. The molecule has 0 aliphatic heterocycles.